The number of anilines is 3. The second-order valence-corrected chi connectivity index (χ2v) is 9.30. The fourth-order valence-corrected chi connectivity index (χ4v) is 4.69. The number of amides is 2. The fraction of sp³-hybridized carbons (Fsp3) is 0.269. The van der Waals surface area contributed by atoms with E-state index in [9.17, 15) is 31.1 Å². The molecule has 0 unspecified atom stereocenters. The molecule has 0 aliphatic carbocycles. The molecule has 2 amide bonds. The van der Waals surface area contributed by atoms with Crippen LogP contribution in [0, 0.1) is 11.6 Å². The molecule has 1 saturated heterocycles. The van der Waals surface area contributed by atoms with Gasteiger partial charge in [0.15, 0.2) is 5.82 Å². The molecular formula is C26H22F7N7O2. The molecule has 0 atom stereocenters. The van der Waals surface area contributed by atoms with Crippen LogP contribution in [0.25, 0.3) is 16.6 Å². The second kappa shape index (κ2) is 11.4. The van der Waals surface area contributed by atoms with Gasteiger partial charge in [-0.1, -0.05) is 6.07 Å². The number of benzene rings is 2. The average molecular weight is 597 g/mol. The lowest BCUT2D eigenvalue weighted by Gasteiger charge is -2.26. The minimum Gasteiger partial charge on any atom is -0.382 e. The molecule has 2 aromatic heterocycles. The number of nitrogen functional groups attached to an aromatic ring is 1. The Labute approximate surface area is 233 Å². The summed E-state index contributed by atoms with van der Waals surface area (Å²) in [7, 11) is 0. The van der Waals surface area contributed by atoms with Gasteiger partial charge in [0.1, 0.15) is 23.5 Å². The number of nitrogens with zero attached hydrogens (tertiary/aromatic N) is 4. The van der Waals surface area contributed by atoms with Gasteiger partial charge in [-0.05, 0) is 35.9 Å². The zero-order valence-corrected chi connectivity index (χ0v) is 21.5. The SMILES string of the molecule is Nc1ncnn2c(CN3CCOCC3)c(C(F)F)c(-c3ccc(NC(=O)Nc4cc(C(F)(F)F)ccc4F)c(F)c3)c12. The summed E-state index contributed by atoms with van der Waals surface area (Å²) in [5, 5.41) is 8.09. The summed E-state index contributed by atoms with van der Waals surface area (Å²) in [5.74, 6) is -2.35. The van der Waals surface area contributed by atoms with E-state index < -0.39 is 52.8 Å². The summed E-state index contributed by atoms with van der Waals surface area (Å²) < 4.78 is 104. The van der Waals surface area contributed by atoms with Crippen LogP contribution in [-0.4, -0.2) is 51.8 Å². The maximum Gasteiger partial charge on any atom is 0.416 e. The van der Waals surface area contributed by atoms with Crippen LogP contribution in [0.3, 0.4) is 0 Å². The summed E-state index contributed by atoms with van der Waals surface area (Å²) in [5.41, 5.74) is 3.23. The first kappa shape index (κ1) is 29.1. The minimum atomic E-state index is -4.79. The second-order valence-electron chi connectivity index (χ2n) is 9.30. The summed E-state index contributed by atoms with van der Waals surface area (Å²) >= 11 is 0. The summed E-state index contributed by atoms with van der Waals surface area (Å²) in [4.78, 5) is 18.2. The van der Waals surface area contributed by atoms with E-state index in [1.807, 2.05) is 10.2 Å². The van der Waals surface area contributed by atoms with E-state index in [4.69, 9.17) is 10.5 Å². The van der Waals surface area contributed by atoms with Crippen molar-refractivity contribution in [1.29, 1.82) is 0 Å². The standard InChI is InChI=1S/C26H22F7N7O2/c27-15-3-2-14(26(31,32)33)10-18(15)38-25(41)37-17-4-1-13(9-16(17)28)20-21(23(29)30)19(11-39-5-7-42-8-6-39)40-22(20)24(34)35-12-36-40/h1-4,9-10,12,23H,5-8,11H2,(H2,34,35,36)(H2,37,38,41). The predicted molar refractivity (Wildman–Crippen MR) is 138 cm³/mol. The van der Waals surface area contributed by atoms with E-state index in [2.05, 4.69) is 15.4 Å². The van der Waals surface area contributed by atoms with Gasteiger partial charge in [0.2, 0.25) is 0 Å². The van der Waals surface area contributed by atoms with Crippen LogP contribution in [0.4, 0.5) is 52.7 Å². The van der Waals surface area contributed by atoms with Gasteiger partial charge < -0.3 is 21.1 Å². The molecule has 9 nitrogen and oxygen atoms in total. The van der Waals surface area contributed by atoms with E-state index in [0.717, 1.165) is 18.5 Å². The van der Waals surface area contributed by atoms with Crippen molar-refractivity contribution < 1.29 is 40.3 Å². The Bertz CT molecular complexity index is 1640. The lowest BCUT2D eigenvalue weighted by Crippen LogP contribution is -2.36. The highest BCUT2D eigenvalue weighted by molar-refractivity contribution is 6.00. The van der Waals surface area contributed by atoms with E-state index in [-0.39, 0.29) is 34.7 Å². The molecule has 16 heteroatoms. The summed E-state index contributed by atoms with van der Waals surface area (Å²) in [6.45, 7) is 1.91. The van der Waals surface area contributed by atoms with Gasteiger partial charge in [0.25, 0.3) is 6.43 Å². The molecule has 4 N–H and O–H groups in total. The molecule has 0 spiro atoms. The molecule has 4 aromatic rings. The molecule has 42 heavy (non-hydrogen) atoms. The van der Waals surface area contributed by atoms with Gasteiger partial charge in [-0.25, -0.2) is 31.9 Å². The van der Waals surface area contributed by atoms with Crippen molar-refractivity contribution in [3.8, 4) is 11.1 Å². The summed E-state index contributed by atoms with van der Waals surface area (Å²) in [6, 6.07) is 3.36. The number of fused-ring (bicyclic) bond motifs is 1. The lowest BCUT2D eigenvalue weighted by atomic mass is 10.00. The van der Waals surface area contributed by atoms with Crippen LogP contribution < -0.4 is 16.4 Å². The Hall–Kier alpha value is -4.44. The molecule has 0 radical (unpaired) electrons. The molecule has 1 aliphatic rings. The zero-order valence-electron chi connectivity index (χ0n) is 21.5. The number of morpholine rings is 1. The minimum absolute atomic E-state index is 0.0232. The number of nitrogens with two attached hydrogens (primary N) is 1. The predicted octanol–water partition coefficient (Wildman–Crippen LogP) is 5.69. The third-order valence-corrected chi connectivity index (χ3v) is 6.63. The van der Waals surface area contributed by atoms with Gasteiger partial charge in [0.05, 0.1) is 41.4 Å². The Morgan fingerprint density at radius 1 is 1.02 bits per heavy atom. The molecule has 3 heterocycles. The van der Waals surface area contributed by atoms with E-state index in [1.165, 1.54) is 10.6 Å². The van der Waals surface area contributed by atoms with Crippen LogP contribution in [0.1, 0.15) is 23.2 Å². The number of ether oxygens (including phenoxy) is 1. The first-order valence-electron chi connectivity index (χ1n) is 12.4. The number of halogens is 7. The number of alkyl halides is 5. The van der Waals surface area contributed by atoms with Crippen molar-refractivity contribution in [2.24, 2.45) is 0 Å². The topological polar surface area (TPSA) is 110 Å². The Morgan fingerprint density at radius 3 is 2.40 bits per heavy atom. The smallest absolute Gasteiger partial charge is 0.382 e. The molecule has 0 bridgehead atoms. The van der Waals surface area contributed by atoms with Gasteiger partial charge in [0, 0.05) is 25.2 Å². The number of hydrogen-bond acceptors (Lipinski definition) is 6. The number of nitrogens with one attached hydrogen (secondary N) is 2. The summed E-state index contributed by atoms with van der Waals surface area (Å²) in [6.07, 6.45) is -6.69. The molecule has 1 fully saturated rings. The highest BCUT2D eigenvalue weighted by Crippen LogP contribution is 2.41. The number of carbonyl (C=O) groups is 1. The molecular weight excluding hydrogens is 575 g/mol. The molecule has 2 aromatic carbocycles. The first-order chi connectivity index (χ1) is 19.9. The van der Waals surface area contributed by atoms with E-state index >= 15 is 4.39 Å². The molecule has 5 rings (SSSR count). The van der Waals surface area contributed by atoms with E-state index in [1.54, 1.807) is 0 Å². The third-order valence-electron chi connectivity index (χ3n) is 6.63. The van der Waals surface area contributed by atoms with E-state index in [0.29, 0.717) is 44.5 Å². The monoisotopic (exact) mass is 597 g/mol. The first-order valence-corrected chi connectivity index (χ1v) is 12.4. The lowest BCUT2D eigenvalue weighted by molar-refractivity contribution is -0.137. The number of rotatable bonds is 6. The Morgan fingerprint density at radius 2 is 1.74 bits per heavy atom. The van der Waals surface area contributed by atoms with Crippen molar-refractivity contribution in [2.75, 3.05) is 42.7 Å². The van der Waals surface area contributed by atoms with Crippen molar-refractivity contribution in [3.05, 3.63) is 71.2 Å². The van der Waals surface area contributed by atoms with Crippen LogP contribution in [0.2, 0.25) is 0 Å². The van der Waals surface area contributed by atoms with Gasteiger partial charge >= 0.3 is 12.2 Å². The quantitative estimate of drug-likeness (QED) is 0.247. The third kappa shape index (κ3) is 5.80. The molecule has 222 valence electrons. The highest BCUT2D eigenvalue weighted by atomic mass is 19.4. The van der Waals surface area contributed by atoms with Crippen molar-refractivity contribution >= 4 is 28.7 Å². The molecule has 1 aliphatic heterocycles. The zero-order chi connectivity index (χ0) is 30.2. The highest BCUT2D eigenvalue weighted by Gasteiger charge is 2.32. The fourth-order valence-electron chi connectivity index (χ4n) is 4.69. The number of urea groups is 1. The van der Waals surface area contributed by atoms with Crippen molar-refractivity contribution in [3.63, 3.8) is 0 Å². The van der Waals surface area contributed by atoms with Crippen molar-refractivity contribution in [1.82, 2.24) is 19.5 Å². The average Bonchev–Trinajstić information content (AvgIpc) is 3.26. The van der Waals surface area contributed by atoms with Gasteiger partial charge in [-0.2, -0.15) is 18.3 Å². The van der Waals surface area contributed by atoms with Crippen molar-refractivity contribution in [2.45, 2.75) is 19.1 Å². The van der Waals surface area contributed by atoms with Crippen LogP contribution >= 0.6 is 0 Å². The largest absolute Gasteiger partial charge is 0.416 e. The van der Waals surface area contributed by atoms with Gasteiger partial charge in [-0.15, -0.1) is 0 Å². The van der Waals surface area contributed by atoms with Crippen LogP contribution in [-0.2, 0) is 17.5 Å². The number of aromatic nitrogens is 3. The molecule has 0 saturated carbocycles. The van der Waals surface area contributed by atoms with Gasteiger partial charge in [-0.3, -0.25) is 4.90 Å². The number of hydrogen-bond donors (Lipinski definition) is 3. The maximum atomic E-state index is 15.2. The van der Waals surface area contributed by atoms with Crippen LogP contribution in [0.15, 0.2) is 42.7 Å². The number of carbonyl (C=O) groups excluding carboxylic acids is 1. The Balaban J connectivity index is 1.47. The normalized spacial score (nSPS) is 14.5. The maximum absolute atomic E-state index is 15.2. The Kier molecular flexibility index (Phi) is 7.92. The van der Waals surface area contributed by atoms with Crippen LogP contribution in [0.5, 0.6) is 0 Å².